The number of fused-ring (bicyclic) bond motifs is 1. The molecular formula is C12H14O4. The molecular weight excluding hydrogens is 208 g/mol. The van der Waals surface area contributed by atoms with Crippen LogP contribution in [0.1, 0.15) is 35.3 Å². The molecule has 86 valence electrons. The van der Waals surface area contributed by atoms with Gasteiger partial charge < -0.3 is 14.9 Å². The summed E-state index contributed by atoms with van der Waals surface area (Å²) < 4.78 is 5.01. The minimum absolute atomic E-state index is 0.0723. The van der Waals surface area contributed by atoms with Gasteiger partial charge in [-0.3, -0.25) is 0 Å². The lowest BCUT2D eigenvalue weighted by atomic mass is 9.84. The van der Waals surface area contributed by atoms with Crippen molar-refractivity contribution in [2.24, 2.45) is 0 Å². The van der Waals surface area contributed by atoms with Gasteiger partial charge in [-0.2, -0.15) is 0 Å². The number of aliphatic hydroxyl groups is 1. The number of aryl methyl sites for hydroxylation is 1. The van der Waals surface area contributed by atoms with Crippen LogP contribution in [-0.4, -0.2) is 22.3 Å². The molecule has 0 saturated heterocycles. The van der Waals surface area contributed by atoms with Crippen molar-refractivity contribution in [3.05, 3.63) is 28.8 Å². The highest BCUT2D eigenvalue weighted by molar-refractivity contribution is 5.96. The van der Waals surface area contributed by atoms with Gasteiger partial charge in [-0.05, 0) is 26.3 Å². The zero-order valence-electron chi connectivity index (χ0n) is 9.44. The summed E-state index contributed by atoms with van der Waals surface area (Å²) in [5, 5.41) is 20.1. The molecule has 0 amide bonds. The third-order valence-corrected chi connectivity index (χ3v) is 3.20. The van der Waals surface area contributed by atoms with E-state index in [0.717, 1.165) is 0 Å². The SMILES string of the molecule is Cc1ccc2c(c1O)C(=O)O[C@@H](C)[C@]2(C)O. The number of phenolic OH excluding ortho intramolecular Hbond substituents is 1. The van der Waals surface area contributed by atoms with Gasteiger partial charge in [-0.25, -0.2) is 4.79 Å². The fourth-order valence-corrected chi connectivity index (χ4v) is 1.88. The molecule has 0 fully saturated rings. The molecule has 0 unspecified atom stereocenters. The van der Waals surface area contributed by atoms with Crippen molar-refractivity contribution in [1.29, 1.82) is 0 Å². The Labute approximate surface area is 93.5 Å². The summed E-state index contributed by atoms with van der Waals surface area (Å²) >= 11 is 0. The molecule has 0 aliphatic carbocycles. The van der Waals surface area contributed by atoms with Gasteiger partial charge in [0.25, 0.3) is 0 Å². The van der Waals surface area contributed by atoms with Gasteiger partial charge in [-0.1, -0.05) is 12.1 Å². The Kier molecular flexibility index (Phi) is 2.20. The standard InChI is InChI=1S/C12H14O4/c1-6-4-5-8-9(10(6)13)11(14)16-7(2)12(8,3)15/h4-5,7,13,15H,1-3H3/t7-,12-/m0/s1. The van der Waals surface area contributed by atoms with Crippen molar-refractivity contribution in [3.8, 4) is 5.75 Å². The lowest BCUT2D eigenvalue weighted by molar-refractivity contribution is -0.0813. The average Bonchev–Trinajstić information content (AvgIpc) is 2.19. The number of benzene rings is 1. The number of cyclic esters (lactones) is 1. The highest BCUT2D eigenvalue weighted by atomic mass is 16.6. The maximum atomic E-state index is 11.7. The van der Waals surface area contributed by atoms with E-state index in [0.29, 0.717) is 11.1 Å². The maximum Gasteiger partial charge on any atom is 0.342 e. The monoisotopic (exact) mass is 222 g/mol. The molecule has 0 radical (unpaired) electrons. The molecule has 0 bridgehead atoms. The van der Waals surface area contributed by atoms with Crippen LogP contribution in [0, 0.1) is 6.92 Å². The van der Waals surface area contributed by atoms with Crippen LogP contribution < -0.4 is 0 Å². The lowest BCUT2D eigenvalue weighted by Gasteiger charge is -2.36. The zero-order chi connectivity index (χ0) is 12.1. The van der Waals surface area contributed by atoms with Crippen molar-refractivity contribution >= 4 is 5.97 Å². The minimum atomic E-state index is -1.27. The van der Waals surface area contributed by atoms with Gasteiger partial charge in [0.15, 0.2) is 0 Å². The predicted octanol–water partition coefficient (Wildman–Crippen LogP) is 1.47. The van der Waals surface area contributed by atoms with Gasteiger partial charge in [0, 0.05) is 5.56 Å². The second kappa shape index (κ2) is 3.22. The molecule has 2 N–H and O–H groups in total. The first-order valence-electron chi connectivity index (χ1n) is 5.12. The number of rotatable bonds is 0. The third-order valence-electron chi connectivity index (χ3n) is 3.20. The molecule has 1 heterocycles. The number of carbonyl (C=O) groups is 1. The Bertz CT molecular complexity index is 462. The summed E-state index contributed by atoms with van der Waals surface area (Å²) in [6.45, 7) is 4.88. The summed E-state index contributed by atoms with van der Waals surface area (Å²) in [6, 6.07) is 3.33. The topological polar surface area (TPSA) is 66.8 Å². The van der Waals surface area contributed by atoms with Crippen LogP contribution in [0.2, 0.25) is 0 Å². The van der Waals surface area contributed by atoms with Crippen LogP contribution in [0.3, 0.4) is 0 Å². The third kappa shape index (κ3) is 1.30. The van der Waals surface area contributed by atoms with E-state index < -0.39 is 17.7 Å². The Morgan fingerprint density at radius 2 is 2.06 bits per heavy atom. The quantitative estimate of drug-likeness (QED) is 0.652. The van der Waals surface area contributed by atoms with E-state index in [1.54, 1.807) is 32.9 Å². The lowest BCUT2D eigenvalue weighted by Crippen LogP contribution is -2.43. The summed E-state index contributed by atoms with van der Waals surface area (Å²) in [6.07, 6.45) is -0.630. The van der Waals surface area contributed by atoms with E-state index in [9.17, 15) is 15.0 Å². The molecule has 2 rings (SSSR count). The summed E-state index contributed by atoms with van der Waals surface area (Å²) in [5.74, 6) is -0.704. The second-order valence-electron chi connectivity index (χ2n) is 4.35. The first-order valence-corrected chi connectivity index (χ1v) is 5.12. The average molecular weight is 222 g/mol. The fraction of sp³-hybridized carbons (Fsp3) is 0.417. The van der Waals surface area contributed by atoms with Gasteiger partial charge in [-0.15, -0.1) is 0 Å². The van der Waals surface area contributed by atoms with Crippen LogP contribution in [0.5, 0.6) is 5.75 Å². The minimum Gasteiger partial charge on any atom is -0.507 e. The van der Waals surface area contributed by atoms with E-state index in [2.05, 4.69) is 0 Å². The van der Waals surface area contributed by atoms with Crippen LogP contribution in [0.4, 0.5) is 0 Å². The number of hydrogen-bond donors (Lipinski definition) is 2. The first kappa shape index (κ1) is 11.0. The number of hydrogen-bond acceptors (Lipinski definition) is 4. The largest absolute Gasteiger partial charge is 0.507 e. The number of esters is 1. The van der Waals surface area contributed by atoms with Crippen LogP contribution in [0.15, 0.2) is 12.1 Å². The summed E-state index contributed by atoms with van der Waals surface area (Å²) in [4.78, 5) is 11.7. The molecule has 0 aromatic heterocycles. The molecule has 1 aliphatic heterocycles. The molecule has 1 aromatic rings. The fourth-order valence-electron chi connectivity index (χ4n) is 1.88. The second-order valence-corrected chi connectivity index (χ2v) is 4.35. The molecule has 0 spiro atoms. The van der Waals surface area contributed by atoms with Crippen LogP contribution in [-0.2, 0) is 10.3 Å². The van der Waals surface area contributed by atoms with Gasteiger partial charge in [0.2, 0.25) is 0 Å². The molecule has 4 nitrogen and oxygen atoms in total. The van der Waals surface area contributed by atoms with Gasteiger partial charge in [0.1, 0.15) is 23.0 Å². The summed E-state index contributed by atoms with van der Waals surface area (Å²) in [5.41, 5.74) is -0.197. The van der Waals surface area contributed by atoms with Crippen molar-refractivity contribution in [2.45, 2.75) is 32.5 Å². The van der Waals surface area contributed by atoms with Crippen molar-refractivity contribution in [1.82, 2.24) is 0 Å². The predicted molar refractivity (Wildman–Crippen MR) is 57.3 cm³/mol. The first-order chi connectivity index (χ1) is 7.35. The Hall–Kier alpha value is -1.55. The highest BCUT2D eigenvalue weighted by Crippen LogP contribution is 2.39. The maximum absolute atomic E-state index is 11.7. The molecule has 1 aliphatic rings. The Morgan fingerprint density at radius 3 is 2.69 bits per heavy atom. The Morgan fingerprint density at radius 1 is 1.44 bits per heavy atom. The number of phenols is 1. The van der Waals surface area contributed by atoms with E-state index >= 15 is 0 Å². The van der Waals surface area contributed by atoms with Crippen molar-refractivity contribution in [3.63, 3.8) is 0 Å². The molecule has 0 saturated carbocycles. The normalized spacial score (nSPS) is 28.5. The van der Waals surface area contributed by atoms with E-state index in [-0.39, 0.29) is 11.3 Å². The Balaban J connectivity index is 2.74. The number of ether oxygens (including phenoxy) is 1. The molecule has 16 heavy (non-hydrogen) atoms. The molecule has 2 atom stereocenters. The molecule has 1 aromatic carbocycles. The molecule has 4 heteroatoms. The van der Waals surface area contributed by atoms with E-state index in [4.69, 9.17) is 4.74 Å². The van der Waals surface area contributed by atoms with Gasteiger partial charge in [0.05, 0.1) is 0 Å². The smallest absolute Gasteiger partial charge is 0.342 e. The summed E-state index contributed by atoms with van der Waals surface area (Å²) in [7, 11) is 0. The van der Waals surface area contributed by atoms with Crippen LogP contribution >= 0.6 is 0 Å². The van der Waals surface area contributed by atoms with E-state index in [1.165, 1.54) is 0 Å². The number of aromatic hydroxyl groups is 1. The van der Waals surface area contributed by atoms with Crippen LogP contribution in [0.25, 0.3) is 0 Å². The van der Waals surface area contributed by atoms with Crippen molar-refractivity contribution in [2.75, 3.05) is 0 Å². The van der Waals surface area contributed by atoms with Gasteiger partial charge >= 0.3 is 5.97 Å². The zero-order valence-corrected chi connectivity index (χ0v) is 9.44. The highest BCUT2D eigenvalue weighted by Gasteiger charge is 2.43. The van der Waals surface area contributed by atoms with Crippen molar-refractivity contribution < 1.29 is 19.7 Å². The number of carbonyl (C=O) groups excluding carboxylic acids is 1. The van der Waals surface area contributed by atoms with E-state index in [1.807, 2.05) is 0 Å².